The van der Waals surface area contributed by atoms with Crippen LogP contribution >= 0.6 is 0 Å². The molecule has 0 heterocycles. The standard InChI is InChI=1S/C17H19F3O3/c1-3-23-15(21)14(22-2)11-16(9-6-10-16)12-7-4-5-8-13(12)17(18,19)20/h4-5,7-8,11H,3,6,9-10H2,1-2H3/b14-11+. The Morgan fingerprint density at radius 3 is 2.43 bits per heavy atom. The summed E-state index contributed by atoms with van der Waals surface area (Å²) in [5.74, 6) is -0.714. The third-order valence-electron chi connectivity index (χ3n) is 4.12. The molecule has 6 heteroatoms. The van der Waals surface area contributed by atoms with Crippen LogP contribution in [-0.4, -0.2) is 19.7 Å². The van der Waals surface area contributed by atoms with Crippen molar-refractivity contribution in [2.45, 2.75) is 37.8 Å². The van der Waals surface area contributed by atoms with Crippen LogP contribution in [0.1, 0.15) is 37.3 Å². The molecule has 0 bridgehead atoms. The van der Waals surface area contributed by atoms with Crippen molar-refractivity contribution in [3.63, 3.8) is 0 Å². The molecule has 0 saturated heterocycles. The average Bonchev–Trinajstić information content (AvgIpc) is 2.46. The Morgan fingerprint density at radius 1 is 1.30 bits per heavy atom. The molecule has 1 aromatic rings. The number of esters is 1. The van der Waals surface area contributed by atoms with Gasteiger partial charge in [0.25, 0.3) is 0 Å². The van der Waals surface area contributed by atoms with E-state index in [0.717, 1.165) is 12.5 Å². The summed E-state index contributed by atoms with van der Waals surface area (Å²) >= 11 is 0. The fourth-order valence-electron chi connectivity index (χ4n) is 2.87. The molecular weight excluding hydrogens is 309 g/mol. The highest BCUT2D eigenvalue weighted by Gasteiger charge is 2.44. The summed E-state index contributed by atoms with van der Waals surface area (Å²) in [6.07, 6.45) is -1.09. The molecule has 0 unspecified atom stereocenters. The van der Waals surface area contributed by atoms with E-state index in [1.54, 1.807) is 13.0 Å². The maximum Gasteiger partial charge on any atom is 0.416 e. The van der Waals surface area contributed by atoms with Crippen LogP contribution in [-0.2, 0) is 25.9 Å². The fourth-order valence-corrected chi connectivity index (χ4v) is 2.87. The van der Waals surface area contributed by atoms with Gasteiger partial charge in [0.1, 0.15) is 0 Å². The quantitative estimate of drug-likeness (QED) is 0.461. The molecule has 0 aliphatic heterocycles. The molecular formula is C17H19F3O3. The maximum atomic E-state index is 13.3. The zero-order chi connectivity index (χ0) is 17.1. The maximum absolute atomic E-state index is 13.3. The van der Waals surface area contributed by atoms with Gasteiger partial charge in [0.05, 0.1) is 19.3 Å². The van der Waals surface area contributed by atoms with Gasteiger partial charge in [-0.25, -0.2) is 4.79 Å². The van der Waals surface area contributed by atoms with E-state index in [-0.39, 0.29) is 17.9 Å². The largest absolute Gasteiger partial charge is 0.490 e. The average molecular weight is 328 g/mol. The van der Waals surface area contributed by atoms with E-state index in [0.29, 0.717) is 12.8 Å². The van der Waals surface area contributed by atoms with Crippen LogP contribution in [0, 0.1) is 0 Å². The number of methoxy groups -OCH3 is 1. The number of ether oxygens (including phenoxy) is 2. The van der Waals surface area contributed by atoms with Crippen LogP contribution in [0.25, 0.3) is 0 Å². The van der Waals surface area contributed by atoms with Crippen LogP contribution in [0.3, 0.4) is 0 Å². The predicted molar refractivity (Wildman–Crippen MR) is 78.7 cm³/mol. The lowest BCUT2D eigenvalue weighted by Crippen LogP contribution is -2.35. The molecule has 23 heavy (non-hydrogen) atoms. The minimum absolute atomic E-state index is 0.0523. The Kier molecular flexibility index (Phi) is 5.02. The molecule has 0 spiro atoms. The molecule has 1 saturated carbocycles. The molecule has 0 amide bonds. The summed E-state index contributed by atoms with van der Waals surface area (Å²) in [6, 6.07) is 5.48. The van der Waals surface area contributed by atoms with E-state index in [1.165, 1.54) is 25.3 Å². The molecule has 126 valence electrons. The summed E-state index contributed by atoms with van der Waals surface area (Å²) in [5.41, 5.74) is -1.34. The topological polar surface area (TPSA) is 35.5 Å². The second-order valence-corrected chi connectivity index (χ2v) is 5.49. The zero-order valence-corrected chi connectivity index (χ0v) is 13.1. The number of alkyl halides is 3. The van der Waals surface area contributed by atoms with Crippen molar-refractivity contribution in [3.05, 3.63) is 47.2 Å². The van der Waals surface area contributed by atoms with Crippen molar-refractivity contribution < 1.29 is 27.4 Å². The van der Waals surface area contributed by atoms with E-state index >= 15 is 0 Å². The van der Waals surface area contributed by atoms with Crippen molar-refractivity contribution >= 4 is 5.97 Å². The Morgan fingerprint density at radius 2 is 1.96 bits per heavy atom. The second-order valence-electron chi connectivity index (χ2n) is 5.49. The number of halogens is 3. The minimum Gasteiger partial charge on any atom is -0.490 e. The SMILES string of the molecule is CCOC(=O)/C(=C\C1(c2ccccc2C(F)(F)F)CCC1)OC. The van der Waals surface area contributed by atoms with Gasteiger partial charge in [-0.1, -0.05) is 24.6 Å². The highest BCUT2D eigenvalue weighted by atomic mass is 19.4. The smallest absolute Gasteiger partial charge is 0.416 e. The highest BCUT2D eigenvalue weighted by Crippen LogP contribution is 2.49. The predicted octanol–water partition coefficient (Wildman–Crippen LogP) is 4.22. The number of hydrogen-bond donors (Lipinski definition) is 0. The van der Waals surface area contributed by atoms with Gasteiger partial charge in [0.15, 0.2) is 0 Å². The van der Waals surface area contributed by atoms with Crippen LogP contribution in [0.4, 0.5) is 13.2 Å². The molecule has 1 aromatic carbocycles. The second kappa shape index (κ2) is 6.64. The first kappa shape index (κ1) is 17.4. The molecule has 0 aromatic heterocycles. The van der Waals surface area contributed by atoms with E-state index < -0.39 is 23.1 Å². The minimum atomic E-state index is -4.44. The molecule has 1 aliphatic carbocycles. The molecule has 1 fully saturated rings. The van der Waals surface area contributed by atoms with Crippen molar-refractivity contribution in [3.8, 4) is 0 Å². The van der Waals surface area contributed by atoms with Gasteiger partial charge in [-0.15, -0.1) is 0 Å². The molecule has 1 aliphatic rings. The van der Waals surface area contributed by atoms with Gasteiger partial charge in [0.2, 0.25) is 5.76 Å². The molecule has 3 nitrogen and oxygen atoms in total. The summed E-state index contributed by atoms with van der Waals surface area (Å²) in [7, 11) is 1.31. The van der Waals surface area contributed by atoms with Crippen molar-refractivity contribution in [1.82, 2.24) is 0 Å². The van der Waals surface area contributed by atoms with E-state index in [2.05, 4.69) is 0 Å². The number of carbonyl (C=O) groups is 1. The summed E-state index contributed by atoms with van der Waals surface area (Å²) < 4.78 is 49.8. The first-order chi connectivity index (χ1) is 10.8. The monoisotopic (exact) mass is 328 g/mol. The van der Waals surface area contributed by atoms with Gasteiger partial charge in [-0.2, -0.15) is 13.2 Å². The van der Waals surface area contributed by atoms with Gasteiger partial charge in [-0.3, -0.25) is 0 Å². The first-order valence-corrected chi connectivity index (χ1v) is 7.45. The van der Waals surface area contributed by atoms with E-state index in [4.69, 9.17) is 9.47 Å². The summed E-state index contributed by atoms with van der Waals surface area (Å²) in [6.45, 7) is 1.83. The molecule has 0 N–H and O–H groups in total. The Balaban J connectivity index is 2.48. The van der Waals surface area contributed by atoms with Crippen LogP contribution in [0.2, 0.25) is 0 Å². The number of benzene rings is 1. The molecule has 0 radical (unpaired) electrons. The number of rotatable bonds is 5. The van der Waals surface area contributed by atoms with Crippen molar-refractivity contribution in [2.75, 3.05) is 13.7 Å². The normalized spacial score (nSPS) is 17.3. The fraction of sp³-hybridized carbons (Fsp3) is 0.471. The van der Waals surface area contributed by atoms with Crippen LogP contribution in [0.5, 0.6) is 0 Å². The highest BCUT2D eigenvalue weighted by molar-refractivity contribution is 5.86. The van der Waals surface area contributed by atoms with E-state index in [1.807, 2.05) is 0 Å². The lowest BCUT2D eigenvalue weighted by Gasteiger charge is -2.41. The number of allylic oxidation sites excluding steroid dienone is 1. The van der Waals surface area contributed by atoms with Crippen LogP contribution in [0.15, 0.2) is 36.1 Å². The van der Waals surface area contributed by atoms with Gasteiger partial charge in [-0.05, 0) is 37.5 Å². The van der Waals surface area contributed by atoms with Gasteiger partial charge >= 0.3 is 12.1 Å². The summed E-state index contributed by atoms with van der Waals surface area (Å²) in [4.78, 5) is 11.9. The lowest BCUT2D eigenvalue weighted by atomic mass is 9.63. The molecule has 0 atom stereocenters. The third-order valence-corrected chi connectivity index (χ3v) is 4.12. The van der Waals surface area contributed by atoms with Gasteiger partial charge in [0, 0.05) is 5.41 Å². The number of carbonyl (C=O) groups excluding carboxylic acids is 1. The zero-order valence-electron chi connectivity index (χ0n) is 13.1. The van der Waals surface area contributed by atoms with Crippen LogP contribution < -0.4 is 0 Å². The number of hydrogen-bond acceptors (Lipinski definition) is 3. The Labute approximate surface area is 133 Å². The molecule has 2 rings (SSSR count). The van der Waals surface area contributed by atoms with E-state index in [9.17, 15) is 18.0 Å². The Hall–Kier alpha value is -1.98. The first-order valence-electron chi connectivity index (χ1n) is 7.45. The van der Waals surface area contributed by atoms with Crippen molar-refractivity contribution in [2.24, 2.45) is 0 Å². The lowest BCUT2D eigenvalue weighted by molar-refractivity contribution is -0.142. The van der Waals surface area contributed by atoms with Gasteiger partial charge < -0.3 is 9.47 Å². The summed E-state index contributed by atoms with van der Waals surface area (Å²) in [5, 5.41) is 0. The van der Waals surface area contributed by atoms with Crippen molar-refractivity contribution in [1.29, 1.82) is 0 Å². The third kappa shape index (κ3) is 3.51. The Bertz CT molecular complexity index is 601.